The minimum atomic E-state index is 0.804. The molecule has 0 unspecified atom stereocenters. The zero-order chi connectivity index (χ0) is 9.54. The van der Waals surface area contributed by atoms with Gasteiger partial charge in [-0.2, -0.15) is 0 Å². The number of hydrogen-bond donors (Lipinski definition) is 1. The molecule has 0 aliphatic heterocycles. The van der Waals surface area contributed by atoms with Gasteiger partial charge in [0.15, 0.2) is 0 Å². The van der Waals surface area contributed by atoms with Crippen LogP contribution in [0, 0.1) is 6.92 Å². The van der Waals surface area contributed by atoms with Crippen molar-refractivity contribution in [2.75, 3.05) is 0 Å². The number of H-pyrrole nitrogens is 1. The predicted molar refractivity (Wildman–Crippen MR) is 59.2 cm³/mol. The van der Waals surface area contributed by atoms with Crippen molar-refractivity contribution in [2.24, 2.45) is 0 Å². The molecule has 0 fully saturated rings. The Morgan fingerprint density at radius 1 is 0.857 bits per heavy atom. The van der Waals surface area contributed by atoms with E-state index >= 15 is 0 Å². The summed E-state index contributed by atoms with van der Waals surface area (Å²) in [4.78, 5) is 3.32. The monoisotopic (exact) mass is 179 g/mol. The Labute approximate surface area is 82.4 Å². The van der Waals surface area contributed by atoms with Crippen molar-refractivity contribution >= 4 is 21.8 Å². The van der Waals surface area contributed by atoms with E-state index in [-0.39, 0.29) is 0 Å². The van der Waals surface area contributed by atoms with Crippen LogP contribution in [0.1, 0.15) is 5.56 Å². The molecule has 0 bridgehead atoms. The summed E-state index contributed by atoms with van der Waals surface area (Å²) in [6.45, 7) is 5.89. The van der Waals surface area contributed by atoms with Gasteiger partial charge >= 0.3 is 0 Å². The second-order valence-corrected chi connectivity index (χ2v) is 3.44. The van der Waals surface area contributed by atoms with Gasteiger partial charge in [0.05, 0.1) is 5.52 Å². The quantitative estimate of drug-likeness (QED) is 0.544. The molecule has 66 valence electrons. The smallest absolute Gasteiger partial charge is 0.0500 e. The Balaban J connectivity index is 2.63. The maximum absolute atomic E-state index is 5.89. The molecular weight excluding hydrogens is 170 g/mol. The van der Waals surface area contributed by atoms with Crippen LogP contribution in [0.3, 0.4) is 0 Å². The summed E-state index contributed by atoms with van der Waals surface area (Å²) in [7, 11) is 0. The van der Waals surface area contributed by atoms with Crippen LogP contribution in [0.2, 0.25) is 0 Å². The molecule has 0 saturated heterocycles. The molecule has 0 aliphatic carbocycles. The number of aromatic amines is 1. The Morgan fingerprint density at radius 2 is 1.64 bits per heavy atom. The van der Waals surface area contributed by atoms with Gasteiger partial charge in [-0.25, -0.2) is 0 Å². The molecule has 14 heavy (non-hydrogen) atoms. The van der Waals surface area contributed by atoms with Crippen molar-refractivity contribution in [3.63, 3.8) is 0 Å². The van der Waals surface area contributed by atoms with Crippen LogP contribution in [0.5, 0.6) is 0 Å². The van der Waals surface area contributed by atoms with Crippen LogP contribution in [-0.4, -0.2) is 4.98 Å². The number of nitrogens with one attached hydrogen (secondary N) is 1. The van der Waals surface area contributed by atoms with E-state index in [9.17, 15) is 0 Å². The molecule has 0 atom stereocenters. The number of hydrogen-bond acceptors (Lipinski definition) is 0. The van der Waals surface area contributed by atoms with E-state index in [1.165, 1.54) is 10.8 Å². The number of aromatic nitrogens is 1. The maximum atomic E-state index is 5.89. The molecule has 0 aliphatic rings. The highest BCUT2D eigenvalue weighted by Crippen LogP contribution is 2.26. The van der Waals surface area contributed by atoms with Gasteiger partial charge in [-0.05, 0) is 11.6 Å². The summed E-state index contributed by atoms with van der Waals surface area (Å²) in [6.07, 6.45) is 0. The van der Waals surface area contributed by atoms with Gasteiger partial charge in [0, 0.05) is 23.2 Å². The van der Waals surface area contributed by atoms with Crippen molar-refractivity contribution in [3.05, 3.63) is 55.0 Å². The summed E-state index contributed by atoms with van der Waals surface area (Å²) in [5.74, 6) is 0. The van der Waals surface area contributed by atoms with Crippen LogP contribution in [0.4, 0.5) is 0 Å². The van der Waals surface area contributed by atoms with Crippen LogP contribution < -0.4 is 0 Å². The van der Waals surface area contributed by atoms with Crippen LogP contribution in [0.15, 0.2) is 42.5 Å². The highest BCUT2D eigenvalue weighted by molar-refractivity contribution is 6.08. The maximum Gasteiger partial charge on any atom is 0.0500 e. The van der Waals surface area contributed by atoms with Gasteiger partial charge < -0.3 is 4.98 Å². The Morgan fingerprint density at radius 3 is 2.57 bits per heavy atom. The van der Waals surface area contributed by atoms with Crippen LogP contribution in [0.25, 0.3) is 21.8 Å². The van der Waals surface area contributed by atoms with Crippen molar-refractivity contribution in [1.82, 2.24) is 4.98 Å². The van der Waals surface area contributed by atoms with E-state index in [1.54, 1.807) is 0 Å². The van der Waals surface area contributed by atoms with Gasteiger partial charge in [-0.3, -0.25) is 0 Å². The third-order valence-electron chi connectivity index (χ3n) is 2.57. The molecule has 3 rings (SSSR count). The topological polar surface area (TPSA) is 15.8 Å². The SMILES string of the molecule is [CH]c1cccc2c1[nH]c1ccccc12. The molecule has 2 aromatic carbocycles. The second-order valence-electron chi connectivity index (χ2n) is 3.44. The van der Waals surface area contributed by atoms with Gasteiger partial charge in [0.2, 0.25) is 0 Å². The average molecular weight is 179 g/mol. The third kappa shape index (κ3) is 0.896. The molecule has 3 aromatic rings. The second kappa shape index (κ2) is 2.61. The minimum Gasteiger partial charge on any atom is -0.354 e. The van der Waals surface area contributed by atoms with E-state index in [0.29, 0.717) is 0 Å². The molecule has 1 heteroatoms. The zero-order valence-corrected chi connectivity index (χ0v) is 7.62. The molecule has 0 amide bonds. The first-order valence-corrected chi connectivity index (χ1v) is 4.61. The van der Waals surface area contributed by atoms with Crippen LogP contribution in [-0.2, 0) is 0 Å². The molecule has 0 saturated carbocycles. The lowest BCUT2D eigenvalue weighted by molar-refractivity contribution is 1.52. The number of benzene rings is 2. The predicted octanol–water partition coefficient (Wildman–Crippen LogP) is 3.38. The molecule has 1 heterocycles. The van der Waals surface area contributed by atoms with Gasteiger partial charge in [0.25, 0.3) is 0 Å². The molecule has 1 N–H and O–H groups in total. The van der Waals surface area contributed by atoms with E-state index in [1.807, 2.05) is 24.3 Å². The van der Waals surface area contributed by atoms with Crippen molar-refractivity contribution in [1.29, 1.82) is 0 Å². The van der Waals surface area contributed by atoms with Crippen molar-refractivity contribution in [2.45, 2.75) is 0 Å². The first-order chi connectivity index (χ1) is 6.86. The van der Waals surface area contributed by atoms with E-state index in [0.717, 1.165) is 16.6 Å². The molecular formula is C13H9N. The molecule has 1 nitrogen and oxygen atoms in total. The first-order valence-electron chi connectivity index (χ1n) is 4.61. The highest BCUT2D eigenvalue weighted by atomic mass is 14.7. The van der Waals surface area contributed by atoms with Gasteiger partial charge in [-0.15, -0.1) is 0 Å². The lowest BCUT2D eigenvalue weighted by Crippen LogP contribution is -1.73. The minimum absolute atomic E-state index is 0.804. The summed E-state index contributed by atoms with van der Waals surface area (Å²) in [5, 5.41) is 2.43. The lowest BCUT2D eigenvalue weighted by atomic mass is 10.1. The number of rotatable bonds is 0. The van der Waals surface area contributed by atoms with E-state index < -0.39 is 0 Å². The third-order valence-corrected chi connectivity index (χ3v) is 2.57. The fourth-order valence-corrected chi connectivity index (χ4v) is 1.90. The van der Waals surface area contributed by atoms with Crippen LogP contribution >= 0.6 is 0 Å². The lowest BCUT2D eigenvalue weighted by Gasteiger charge is -1.93. The number of fused-ring (bicyclic) bond motifs is 3. The van der Waals surface area contributed by atoms with Crippen molar-refractivity contribution in [3.8, 4) is 0 Å². The summed E-state index contributed by atoms with van der Waals surface area (Å²) < 4.78 is 0. The standard InChI is InChI=1S/C13H9N/c1-9-5-4-7-11-10-6-2-3-8-12(10)14-13(9)11/h1-8,14H. The summed E-state index contributed by atoms with van der Waals surface area (Å²) in [5.41, 5.74) is 2.98. The average Bonchev–Trinajstić information content (AvgIpc) is 2.59. The Kier molecular flexibility index (Phi) is 1.42. The normalized spacial score (nSPS) is 11.2. The van der Waals surface area contributed by atoms with E-state index in [4.69, 9.17) is 6.92 Å². The Hall–Kier alpha value is -1.76. The summed E-state index contributed by atoms with van der Waals surface area (Å²) >= 11 is 0. The highest BCUT2D eigenvalue weighted by Gasteiger charge is 2.03. The first kappa shape index (κ1) is 7.63. The zero-order valence-electron chi connectivity index (χ0n) is 7.62. The molecule has 0 spiro atoms. The molecule has 2 radical (unpaired) electrons. The molecule has 1 aromatic heterocycles. The van der Waals surface area contributed by atoms with Gasteiger partial charge in [-0.1, -0.05) is 36.4 Å². The Bertz CT molecular complexity index is 605. The fourth-order valence-electron chi connectivity index (χ4n) is 1.90. The fraction of sp³-hybridized carbons (Fsp3) is 0. The van der Waals surface area contributed by atoms with E-state index in [2.05, 4.69) is 23.2 Å². The largest absolute Gasteiger partial charge is 0.354 e. The number of para-hydroxylation sites is 2. The van der Waals surface area contributed by atoms with Gasteiger partial charge in [0.1, 0.15) is 0 Å². The summed E-state index contributed by atoms with van der Waals surface area (Å²) in [6, 6.07) is 14.2. The van der Waals surface area contributed by atoms with Crippen molar-refractivity contribution < 1.29 is 0 Å².